The predicted octanol–water partition coefficient (Wildman–Crippen LogP) is 1.20. The van der Waals surface area contributed by atoms with E-state index in [2.05, 4.69) is 20.8 Å². The summed E-state index contributed by atoms with van der Waals surface area (Å²) in [5.41, 5.74) is -1.31. The average molecular weight is 223 g/mol. The molecule has 0 aromatic heterocycles. The summed E-state index contributed by atoms with van der Waals surface area (Å²) in [5.74, 6) is 0. The van der Waals surface area contributed by atoms with Gasteiger partial charge in [0.25, 0.3) is 0 Å². The number of sulfonamides is 1. The Morgan fingerprint density at radius 3 is 2.07 bits per heavy atom. The third-order valence-corrected chi connectivity index (χ3v) is 4.08. The minimum absolute atomic E-state index is 0.103. The van der Waals surface area contributed by atoms with E-state index >= 15 is 0 Å². The molecule has 86 valence electrons. The first-order valence-corrected chi connectivity index (χ1v) is 6.56. The topological polar surface area (TPSA) is 80.4 Å². The van der Waals surface area contributed by atoms with Crippen LogP contribution in [-0.4, -0.2) is 19.0 Å². The van der Waals surface area contributed by atoms with Gasteiger partial charge in [-0.05, 0) is 18.3 Å². The van der Waals surface area contributed by atoms with E-state index in [1.807, 2.05) is 0 Å². The number of rotatable bonds is 6. The summed E-state index contributed by atoms with van der Waals surface area (Å²) in [6.45, 7) is 6.21. The Kier molecular flexibility index (Phi) is 5.05. The molecule has 0 aromatic rings. The molecular weight excluding hydrogens is 202 g/mol. The van der Waals surface area contributed by atoms with E-state index in [1.54, 1.807) is 0 Å². The first-order valence-electron chi connectivity index (χ1n) is 4.95. The predicted molar refractivity (Wildman–Crippen MR) is 57.0 cm³/mol. The Morgan fingerprint density at radius 2 is 1.79 bits per heavy atom. The molecule has 14 heavy (non-hydrogen) atoms. The fourth-order valence-electron chi connectivity index (χ4n) is 1.24. The van der Waals surface area contributed by atoms with Crippen LogP contribution in [0.1, 0.15) is 46.5 Å². The van der Waals surface area contributed by atoms with E-state index in [1.165, 1.54) is 0 Å². The minimum atomic E-state index is -3.79. The molecule has 3 N–H and O–H groups in total. The van der Waals surface area contributed by atoms with Crippen LogP contribution in [0.2, 0.25) is 0 Å². The van der Waals surface area contributed by atoms with Crippen molar-refractivity contribution in [2.75, 3.05) is 0 Å². The maximum absolute atomic E-state index is 10.8. The number of hydrogen-bond donors (Lipinski definition) is 2. The lowest BCUT2D eigenvalue weighted by Gasteiger charge is -2.27. The van der Waals surface area contributed by atoms with E-state index < -0.39 is 15.5 Å². The minimum Gasteiger partial charge on any atom is -0.376 e. The summed E-state index contributed by atoms with van der Waals surface area (Å²) in [7, 11) is -3.79. The number of primary sulfonamides is 1. The molecule has 0 rings (SSSR count). The van der Waals surface area contributed by atoms with Crippen molar-refractivity contribution >= 4 is 10.0 Å². The van der Waals surface area contributed by atoms with Crippen molar-refractivity contribution in [1.29, 1.82) is 0 Å². The van der Waals surface area contributed by atoms with Crippen LogP contribution >= 0.6 is 0 Å². The van der Waals surface area contributed by atoms with Gasteiger partial charge in [0.15, 0.2) is 5.44 Å². The third kappa shape index (κ3) is 4.39. The standard InChI is InChI=1S/C9H21NO3S/c1-4-9(3,5-2)7-6-8(11)14(10,12)13/h8,11H,4-7H2,1-3H3,(H2,10,12,13). The van der Waals surface area contributed by atoms with Gasteiger partial charge in [0, 0.05) is 0 Å². The highest BCUT2D eigenvalue weighted by Gasteiger charge is 2.24. The van der Waals surface area contributed by atoms with Gasteiger partial charge in [-0.1, -0.05) is 33.6 Å². The second-order valence-corrected chi connectivity index (χ2v) is 5.82. The molecule has 0 saturated heterocycles. The summed E-state index contributed by atoms with van der Waals surface area (Å²) in [5, 5.41) is 14.0. The number of aliphatic hydroxyl groups is 1. The van der Waals surface area contributed by atoms with E-state index in [-0.39, 0.29) is 11.8 Å². The maximum Gasteiger partial charge on any atom is 0.235 e. The summed E-state index contributed by atoms with van der Waals surface area (Å²) in [6.07, 6.45) is 2.84. The van der Waals surface area contributed by atoms with Crippen LogP contribution in [0.25, 0.3) is 0 Å². The van der Waals surface area contributed by atoms with Crippen LogP contribution in [0.3, 0.4) is 0 Å². The van der Waals surface area contributed by atoms with Gasteiger partial charge in [-0.25, -0.2) is 13.6 Å². The van der Waals surface area contributed by atoms with Crippen LogP contribution in [-0.2, 0) is 10.0 Å². The second kappa shape index (κ2) is 5.09. The molecule has 5 heteroatoms. The molecule has 0 saturated carbocycles. The van der Waals surface area contributed by atoms with Crippen molar-refractivity contribution in [3.05, 3.63) is 0 Å². The zero-order chi connectivity index (χ0) is 11.4. The van der Waals surface area contributed by atoms with Crippen molar-refractivity contribution in [1.82, 2.24) is 0 Å². The van der Waals surface area contributed by atoms with Crippen molar-refractivity contribution in [3.63, 3.8) is 0 Å². The fraction of sp³-hybridized carbons (Fsp3) is 1.00. The Morgan fingerprint density at radius 1 is 1.36 bits per heavy atom. The molecule has 1 atom stereocenters. The molecule has 0 aliphatic rings. The van der Waals surface area contributed by atoms with Crippen molar-refractivity contribution in [3.8, 4) is 0 Å². The van der Waals surface area contributed by atoms with Crippen LogP contribution in [0.15, 0.2) is 0 Å². The molecule has 0 bridgehead atoms. The van der Waals surface area contributed by atoms with Gasteiger partial charge in [-0.3, -0.25) is 0 Å². The fourth-order valence-corrected chi connectivity index (χ4v) is 1.69. The van der Waals surface area contributed by atoms with Gasteiger partial charge in [-0.2, -0.15) is 0 Å². The van der Waals surface area contributed by atoms with E-state index in [0.29, 0.717) is 6.42 Å². The monoisotopic (exact) mass is 223 g/mol. The molecule has 4 nitrogen and oxygen atoms in total. The van der Waals surface area contributed by atoms with Crippen molar-refractivity contribution in [2.45, 2.75) is 51.9 Å². The van der Waals surface area contributed by atoms with E-state index in [9.17, 15) is 13.5 Å². The van der Waals surface area contributed by atoms with Crippen LogP contribution in [0, 0.1) is 5.41 Å². The molecule has 0 radical (unpaired) electrons. The lowest BCUT2D eigenvalue weighted by Crippen LogP contribution is -2.29. The van der Waals surface area contributed by atoms with Gasteiger partial charge in [0.2, 0.25) is 10.0 Å². The SMILES string of the molecule is CCC(C)(CC)CCC(O)S(N)(=O)=O. The first-order chi connectivity index (χ1) is 6.25. The van der Waals surface area contributed by atoms with Crippen molar-refractivity contribution < 1.29 is 13.5 Å². The molecule has 0 aliphatic heterocycles. The first kappa shape index (κ1) is 13.9. The molecule has 0 spiro atoms. The normalized spacial score (nSPS) is 15.5. The molecule has 0 aliphatic carbocycles. The molecular formula is C9H21NO3S. The summed E-state index contributed by atoms with van der Waals surface area (Å²) >= 11 is 0. The number of aliphatic hydroxyl groups excluding tert-OH is 1. The Bertz CT molecular complexity index is 257. The highest BCUT2D eigenvalue weighted by Crippen LogP contribution is 2.31. The van der Waals surface area contributed by atoms with E-state index in [0.717, 1.165) is 12.8 Å². The molecule has 0 heterocycles. The zero-order valence-corrected chi connectivity index (χ0v) is 9.97. The molecule has 0 fully saturated rings. The summed E-state index contributed by atoms with van der Waals surface area (Å²) < 4.78 is 21.5. The Labute approximate surface area is 86.6 Å². The maximum atomic E-state index is 10.8. The van der Waals surface area contributed by atoms with Gasteiger partial charge < -0.3 is 5.11 Å². The Balaban J connectivity index is 4.18. The van der Waals surface area contributed by atoms with Gasteiger partial charge >= 0.3 is 0 Å². The van der Waals surface area contributed by atoms with Gasteiger partial charge in [0.1, 0.15) is 0 Å². The van der Waals surface area contributed by atoms with Crippen LogP contribution in [0.4, 0.5) is 0 Å². The van der Waals surface area contributed by atoms with E-state index in [4.69, 9.17) is 5.14 Å². The van der Waals surface area contributed by atoms with Gasteiger partial charge in [0.05, 0.1) is 0 Å². The second-order valence-electron chi connectivity index (χ2n) is 4.10. The smallest absolute Gasteiger partial charge is 0.235 e. The third-order valence-electron chi connectivity index (χ3n) is 3.08. The number of nitrogens with two attached hydrogens (primary N) is 1. The highest BCUT2D eigenvalue weighted by molar-refractivity contribution is 7.89. The van der Waals surface area contributed by atoms with Gasteiger partial charge in [-0.15, -0.1) is 0 Å². The highest BCUT2D eigenvalue weighted by atomic mass is 32.2. The largest absolute Gasteiger partial charge is 0.376 e. The lowest BCUT2D eigenvalue weighted by atomic mass is 9.80. The number of hydrogen-bond acceptors (Lipinski definition) is 3. The zero-order valence-electron chi connectivity index (χ0n) is 9.16. The quantitative estimate of drug-likeness (QED) is 0.710. The average Bonchev–Trinajstić information content (AvgIpc) is 2.12. The molecule has 0 amide bonds. The van der Waals surface area contributed by atoms with Crippen LogP contribution < -0.4 is 5.14 Å². The molecule has 1 unspecified atom stereocenters. The summed E-state index contributed by atoms with van der Waals surface area (Å²) in [4.78, 5) is 0. The van der Waals surface area contributed by atoms with Crippen LogP contribution in [0.5, 0.6) is 0 Å². The lowest BCUT2D eigenvalue weighted by molar-refractivity contribution is 0.189. The Hall–Kier alpha value is -0.130. The summed E-state index contributed by atoms with van der Waals surface area (Å²) in [6, 6.07) is 0. The van der Waals surface area contributed by atoms with Crippen molar-refractivity contribution in [2.24, 2.45) is 10.6 Å². The molecule has 0 aromatic carbocycles.